The van der Waals surface area contributed by atoms with Crippen molar-refractivity contribution in [1.29, 1.82) is 0 Å². The van der Waals surface area contributed by atoms with Crippen LogP contribution in [0.2, 0.25) is 0 Å². The van der Waals surface area contributed by atoms with E-state index in [0.717, 1.165) is 11.4 Å². The van der Waals surface area contributed by atoms with E-state index in [1.807, 2.05) is 12.1 Å². The first-order chi connectivity index (χ1) is 6.99. The van der Waals surface area contributed by atoms with E-state index in [1.54, 1.807) is 7.11 Å². The molecule has 0 aliphatic rings. The van der Waals surface area contributed by atoms with Gasteiger partial charge in [0.25, 0.3) is 0 Å². The molecule has 0 aliphatic heterocycles. The summed E-state index contributed by atoms with van der Waals surface area (Å²) in [6, 6.07) is 6.43. The van der Waals surface area contributed by atoms with Crippen molar-refractivity contribution in [2.24, 2.45) is 0 Å². The predicted molar refractivity (Wildman–Crippen MR) is 66.0 cm³/mol. The highest BCUT2D eigenvalue weighted by molar-refractivity contribution is 6.18. The normalized spacial score (nSPS) is 11.3. The molecule has 0 fully saturated rings. The monoisotopic (exact) mass is 227 g/mol. The molecule has 1 N–H and O–H groups in total. The fourth-order valence-corrected chi connectivity index (χ4v) is 1.64. The Labute approximate surface area is 96.6 Å². The first-order valence-electron chi connectivity index (χ1n) is 4.97. The zero-order chi connectivity index (χ0) is 11.5. The van der Waals surface area contributed by atoms with Crippen molar-refractivity contribution >= 4 is 17.3 Å². The summed E-state index contributed by atoms with van der Waals surface area (Å²) < 4.78 is 5.34. The first kappa shape index (κ1) is 12.2. The molecule has 0 atom stereocenters. The third-order valence-corrected chi connectivity index (χ3v) is 2.41. The largest absolute Gasteiger partial charge is 0.496 e. The molecule has 0 heterocycles. The molecular weight excluding hydrogens is 210 g/mol. The molecule has 0 aromatic heterocycles. The Hall–Kier alpha value is -0.890. The van der Waals surface area contributed by atoms with Crippen LogP contribution in [-0.4, -0.2) is 13.1 Å². The molecule has 2 nitrogen and oxygen atoms in total. The molecule has 0 radical (unpaired) electrons. The molecular formula is C12H18ClNO. The number of ether oxygens (including phenoxy) is 1. The summed E-state index contributed by atoms with van der Waals surface area (Å²) in [4.78, 5) is 0. The molecule has 0 unspecified atom stereocenters. The van der Waals surface area contributed by atoms with Gasteiger partial charge in [-0.1, -0.05) is 20.8 Å². The van der Waals surface area contributed by atoms with Gasteiger partial charge in [-0.25, -0.2) is 0 Å². The summed E-state index contributed by atoms with van der Waals surface area (Å²) in [6.07, 6.45) is 0. The molecule has 0 saturated carbocycles. The van der Waals surface area contributed by atoms with Crippen molar-refractivity contribution in [2.75, 3.05) is 18.4 Å². The number of nitrogens with one attached hydrogen (secondary N) is 1. The van der Waals surface area contributed by atoms with Crippen LogP contribution in [0.3, 0.4) is 0 Å². The molecule has 0 saturated heterocycles. The van der Waals surface area contributed by atoms with Crippen LogP contribution in [0.1, 0.15) is 26.3 Å². The van der Waals surface area contributed by atoms with E-state index in [1.165, 1.54) is 5.56 Å². The standard InChI is InChI=1S/C12H18ClNO/c1-12(2,3)10-7-9(14-8-13)5-6-11(10)15-4/h5-7,14H,8H2,1-4H3. The molecule has 0 spiro atoms. The molecule has 84 valence electrons. The number of benzene rings is 1. The highest BCUT2D eigenvalue weighted by Crippen LogP contribution is 2.33. The van der Waals surface area contributed by atoms with Crippen molar-refractivity contribution in [3.05, 3.63) is 23.8 Å². The lowest BCUT2D eigenvalue weighted by molar-refractivity contribution is 0.397. The summed E-state index contributed by atoms with van der Waals surface area (Å²) in [5, 5.41) is 3.08. The lowest BCUT2D eigenvalue weighted by Crippen LogP contribution is -2.13. The van der Waals surface area contributed by atoms with Gasteiger partial charge < -0.3 is 10.1 Å². The van der Waals surface area contributed by atoms with Crippen molar-refractivity contribution in [3.8, 4) is 5.75 Å². The number of anilines is 1. The van der Waals surface area contributed by atoms with E-state index in [9.17, 15) is 0 Å². The van der Waals surface area contributed by atoms with Crippen LogP contribution in [0, 0.1) is 0 Å². The number of rotatable bonds is 3. The van der Waals surface area contributed by atoms with Gasteiger partial charge in [0.15, 0.2) is 0 Å². The average molecular weight is 228 g/mol. The van der Waals surface area contributed by atoms with Gasteiger partial charge in [-0.2, -0.15) is 0 Å². The SMILES string of the molecule is COc1ccc(NCCl)cc1C(C)(C)C. The van der Waals surface area contributed by atoms with Crippen molar-refractivity contribution < 1.29 is 4.74 Å². The van der Waals surface area contributed by atoms with Gasteiger partial charge in [-0.3, -0.25) is 0 Å². The Balaban J connectivity index is 3.13. The van der Waals surface area contributed by atoms with Crippen molar-refractivity contribution in [2.45, 2.75) is 26.2 Å². The maximum absolute atomic E-state index is 5.63. The Bertz CT molecular complexity index is 331. The van der Waals surface area contributed by atoms with Crippen LogP contribution in [0.5, 0.6) is 5.75 Å². The Morgan fingerprint density at radius 3 is 2.47 bits per heavy atom. The minimum absolute atomic E-state index is 0.0648. The lowest BCUT2D eigenvalue weighted by atomic mass is 9.86. The molecule has 15 heavy (non-hydrogen) atoms. The molecule has 3 heteroatoms. The van der Waals surface area contributed by atoms with Gasteiger partial charge in [0.2, 0.25) is 0 Å². The van der Waals surface area contributed by atoms with Gasteiger partial charge in [-0.15, -0.1) is 11.6 Å². The molecule has 0 aliphatic carbocycles. The number of methoxy groups -OCH3 is 1. The van der Waals surface area contributed by atoms with E-state index in [4.69, 9.17) is 16.3 Å². The first-order valence-corrected chi connectivity index (χ1v) is 5.51. The summed E-state index contributed by atoms with van der Waals surface area (Å²) in [5.74, 6) is 0.919. The highest BCUT2D eigenvalue weighted by Gasteiger charge is 2.18. The van der Waals surface area contributed by atoms with Gasteiger partial charge in [0.1, 0.15) is 5.75 Å². The maximum Gasteiger partial charge on any atom is 0.122 e. The van der Waals surface area contributed by atoms with E-state index < -0.39 is 0 Å². The van der Waals surface area contributed by atoms with Crippen LogP contribution < -0.4 is 10.1 Å². The van der Waals surface area contributed by atoms with Crippen molar-refractivity contribution in [3.63, 3.8) is 0 Å². The second kappa shape index (κ2) is 4.75. The summed E-state index contributed by atoms with van der Waals surface area (Å²) in [7, 11) is 1.69. The van der Waals surface area contributed by atoms with E-state index in [2.05, 4.69) is 32.2 Å². The highest BCUT2D eigenvalue weighted by atomic mass is 35.5. The van der Waals surface area contributed by atoms with Crippen LogP contribution >= 0.6 is 11.6 Å². The predicted octanol–water partition coefficient (Wildman–Crippen LogP) is 3.60. The van der Waals surface area contributed by atoms with Gasteiger partial charge in [-0.05, 0) is 23.6 Å². The zero-order valence-corrected chi connectivity index (χ0v) is 10.5. The lowest BCUT2D eigenvalue weighted by Gasteiger charge is -2.23. The Morgan fingerprint density at radius 1 is 1.33 bits per heavy atom. The zero-order valence-electron chi connectivity index (χ0n) is 9.73. The summed E-state index contributed by atoms with van der Waals surface area (Å²) in [5.41, 5.74) is 2.27. The van der Waals surface area contributed by atoms with Crippen LogP contribution in [0.4, 0.5) is 5.69 Å². The van der Waals surface area contributed by atoms with Crippen LogP contribution in [0.25, 0.3) is 0 Å². The quantitative estimate of drug-likeness (QED) is 0.629. The third kappa shape index (κ3) is 3.03. The third-order valence-electron chi connectivity index (χ3n) is 2.28. The minimum atomic E-state index is 0.0648. The van der Waals surface area contributed by atoms with E-state index in [-0.39, 0.29) is 5.41 Å². The molecule has 0 amide bonds. The van der Waals surface area contributed by atoms with Gasteiger partial charge in [0.05, 0.1) is 13.1 Å². The second-order valence-corrected chi connectivity index (χ2v) is 4.74. The topological polar surface area (TPSA) is 21.3 Å². The molecule has 1 aromatic carbocycles. The van der Waals surface area contributed by atoms with Crippen molar-refractivity contribution in [1.82, 2.24) is 0 Å². The number of halogens is 1. The Kier molecular flexibility index (Phi) is 3.86. The average Bonchev–Trinajstić information content (AvgIpc) is 2.17. The summed E-state index contributed by atoms with van der Waals surface area (Å²) >= 11 is 5.63. The summed E-state index contributed by atoms with van der Waals surface area (Å²) in [6.45, 7) is 6.49. The molecule has 1 aromatic rings. The molecule has 1 rings (SSSR count). The number of hydrogen-bond donors (Lipinski definition) is 1. The fraction of sp³-hybridized carbons (Fsp3) is 0.500. The second-order valence-electron chi connectivity index (χ2n) is 4.48. The minimum Gasteiger partial charge on any atom is -0.496 e. The van der Waals surface area contributed by atoms with Gasteiger partial charge >= 0.3 is 0 Å². The smallest absolute Gasteiger partial charge is 0.122 e. The Morgan fingerprint density at radius 2 is 2.00 bits per heavy atom. The maximum atomic E-state index is 5.63. The molecule has 0 bridgehead atoms. The van der Waals surface area contributed by atoms with E-state index >= 15 is 0 Å². The van der Waals surface area contributed by atoms with Crippen LogP contribution in [-0.2, 0) is 5.41 Å². The number of hydrogen-bond acceptors (Lipinski definition) is 2. The van der Waals surface area contributed by atoms with Gasteiger partial charge in [0, 0.05) is 11.3 Å². The van der Waals surface area contributed by atoms with Crippen LogP contribution in [0.15, 0.2) is 18.2 Å². The number of alkyl halides is 1. The fourth-order valence-electron chi connectivity index (χ4n) is 1.48. The van der Waals surface area contributed by atoms with E-state index in [0.29, 0.717) is 6.00 Å².